The van der Waals surface area contributed by atoms with Crippen LogP contribution in [0.15, 0.2) is 72.8 Å². The van der Waals surface area contributed by atoms with Crippen molar-refractivity contribution in [3.8, 4) is 17.2 Å². The van der Waals surface area contributed by atoms with Crippen LogP contribution in [0.5, 0.6) is 17.2 Å². The van der Waals surface area contributed by atoms with Crippen molar-refractivity contribution in [2.75, 3.05) is 33.4 Å². The van der Waals surface area contributed by atoms with Crippen LogP contribution in [0, 0.1) is 0 Å². The van der Waals surface area contributed by atoms with Crippen molar-refractivity contribution in [3.05, 3.63) is 89.5 Å². The zero-order valence-corrected chi connectivity index (χ0v) is 20.5. The summed E-state index contributed by atoms with van der Waals surface area (Å²) in [6.07, 6.45) is 2.62. The lowest BCUT2D eigenvalue weighted by molar-refractivity contribution is 0.0528. The number of rotatable bonds is 7. The normalized spacial score (nSPS) is 21.5. The fourth-order valence-corrected chi connectivity index (χ4v) is 5.61. The van der Waals surface area contributed by atoms with Crippen LogP contribution in [0.4, 0.5) is 0 Å². The molecule has 0 radical (unpaired) electrons. The van der Waals surface area contributed by atoms with E-state index in [1.54, 1.807) is 7.11 Å². The smallest absolute Gasteiger partial charge is 0.127 e. The van der Waals surface area contributed by atoms with Gasteiger partial charge in [0.1, 0.15) is 29.5 Å². The Kier molecular flexibility index (Phi) is 6.51. The number of hydrogen-bond acceptors (Lipinski definition) is 4. The summed E-state index contributed by atoms with van der Waals surface area (Å²) in [5.74, 6) is 2.96. The second kappa shape index (κ2) is 9.71. The summed E-state index contributed by atoms with van der Waals surface area (Å²) >= 11 is 0. The highest BCUT2D eigenvalue weighted by atomic mass is 16.5. The van der Waals surface area contributed by atoms with E-state index in [0.717, 1.165) is 30.4 Å². The summed E-state index contributed by atoms with van der Waals surface area (Å²) in [7, 11) is 1.70. The Balaban J connectivity index is 1.46. The van der Waals surface area contributed by atoms with Gasteiger partial charge in [-0.15, -0.1) is 0 Å². The Morgan fingerprint density at radius 1 is 0.882 bits per heavy atom. The number of nitrogens with zero attached hydrogens (tertiary/aromatic N) is 1. The van der Waals surface area contributed by atoms with E-state index in [4.69, 9.17) is 14.2 Å². The molecule has 4 nitrogen and oxygen atoms in total. The van der Waals surface area contributed by atoms with Crippen LogP contribution < -0.4 is 14.2 Å². The van der Waals surface area contributed by atoms with Gasteiger partial charge in [0.05, 0.1) is 7.11 Å². The third-order valence-corrected chi connectivity index (χ3v) is 7.28. The van der Waals surface area contributed by atoms with E-state index in [1.807, 2.05) is 12.1 Å². The first kappa shape index (κ1) is 22.8. The molecule has 0 aliphatic carbocycles. The highest BCUT2D eigenvalue weighted by molar-refractivity contribution is 5.52. The Labute approximate surface area is 203 Å². The molecule has 3 aromatic carbocycles. The minimum absolute atomic E-state index is 0.158. The van der Waals surface area contributed by atoms with E-state index < -0.39 is 5.60 Å². The third-order valence-electron chi connectivity index (χ3n) is 7.28. The molecular formula is C30H35NO3. The van der Waals surface area contributed by atoms with Crippen LogP contribution in [0.2, 0.25) is 0 Å². The number of hydrogen-bond donors (Lipinski definition) is 0. The van der Waals surface area contributed by atoms with Gasteiger partial charge in [0, 0.05) is 30.0 Å². The molecule has 3 aromatic rings. The molecule has 0 spiro atoms. The van der Waals surface area contributed by atoms with Crippen molar-refractivity contribution >= 4 is 0 Å². The Hall–Kier alpha value is -2.98. The van der Waals surface area contributed by atoms with Crippen LogP contribution in [-0.2, 0) is 0 Å². The highest BCUT2D eigenvalue weighted by Gasteiger charge is 2.45. The lowest BCUT2D eigenvalue weighted by Crippen LogP contribution is -2.43. The van der Waals surface area contributed by atoms with E-state index >= 15 is 0 Å². The fourth-order valence-electron chi connectivity index (χ4n) is 5.61. The van der Waals surface area contributed by atoms with Gasteiger partial charge in [-0.3, -0.25) is 4.90 Å². The van der Waals surface area contributed by atoms with Gasteiger partial charge < -0.3 is 14.2 Å². The summed E-state index contributed by atoms with van der Waals surface area (Å²) in [5, 5.41) is 0. The SMILES string of the molecule is COc1ccc2c(c1)OC(C)(C)C(c1ccccc1)[C@@H]2c1ccc(OCCN2CCCC2)cc1. The lowest BCUT2D eigenvalue weighted by Gasteiger charge is -2.45. The molecule has 2 aliphatic rings. The maximum atomic E-state index is 6.60. The quantitative estimate of drug-likeness (QED) is 0.419. The minimum atomic E-state index is -0.393. The molecule has 0 amide bonds. The monoisotopic (exact) mass is 457 g/mol. The predicted octanol–water partition coefficient (Wildman–Crippen LogP) is 6.26. The Bertz CT molecular complexity index is 1090. The van der Waals surface area contributed by atoms with Crippen molar-refractivity contribution in [2.45, 2.75) is 44.1 Å². The number of benzene rings is 3. The molecule has 0 N–H and O–H groups in total. The number of methoxy groups -OCH3 is 1. The van der Waals surface area contributed by atoms with Crippen LogP contribution in [-0.4, -0.2) is 43.9 Å². The van der Waals surface area contributed by atoms with E-state index in [1.165, 1.54) is 42.6 Å². The molecule has 4 heteroatoms. The van der Waals surface area contributed by atoms with Gasteiger partial charge in [0.25, 0.3) is 0 Å². The van der Waals surface area contributed by atoms with Crippen molar-refractivity contribution in [3.63, 3.8) is 0 Å². The molecule has 1 fully saturated rings. The molecule has 1 saturated heterocycles. The number of fused-ring (bicyclic) bond motifs is 1. The molecule has 1 unspecified atom stereocenters. The Morgan fingerprint density at radius 3 is 2.29 bits per heavy atom. The summed E-state index contributed by atoms with van der Waals surface area (Å²) < 4.78 is 18.2. The molecular weight excluding hydrogens is 422 g/mol. The van der Waals surface area contributed by atoms with E-state index in [2.05, 4.69) is 79.4 Å². The first-order chi connectivity index (χ1) is 16.5. The second-order valence-electron chi connectivity index (χ2n) is 9.94. The maximum absolute atomic E-state index is 6.60. The van der Waals surface area contributed by atoms with E-state index in [9.17, 15) is 0 Å². The molecule has 2 atom stereocenters. The molecule has 2 heterocycles. The van der Waals surface area contributed by atoms with Gasteiger partial charge in [0.15, 0.2) is 0 Å². The lowest BCUT2D eigenvalue weighted by atomic mass is 9.68. The molecule has 5 rings (SSSR count). The van der Waals surface area contributed by atoms with E-state index in [0.29, 0.717) is 0 Å². The average Bonchev–Trinajstić information content (AvgIpc) is 3.37. The maximum Gasteiger partial charge on any atom is 0.127 e. The Morgan fingerprint density at radius 2 is 1.59 bits per heavy atom. The standard InChI is InChI=1S/C30H35NO3/c1-30(2)29(23-9-5-4-6-10-23)28(26-16-15-25(32-3)21-27(26)34-30)22-11-13-24(14-12-22)33-20-19-31-17-7-8-18-31/h4-6,9-16,21,28-29H,7-8,17-20H2,1-3H3/t28-,29?/m1/s1. The van der Waals surface area contributed by atoms with Gasteiger partial charge in [-0.2, -0.15) is 0 Å². The van der Waals surface area contributed by atoms with Crippen molar-refractivity contribution in [1.82, 2.24) is 4.90 Å². The highest BCUT2D eigenvalue weighted by Crippen LogP contribution is 2.53. The second-order valence-corrected chi connectivity index (χ2v) is 9.94. The summed E-state index contributed by atoms with van der Waals surface area (Å²) in [4.78, 5) is 2.48. The first-order valence-electron chi connectivity index (χ1n) is 12.4. The van der Waals surface area contributed by atoms with Crippen molar-refractivity contribution in [1.29, 1.82) is 0 Å². The van der Waals surface area contributed by atoms with Gasteiger partial charge in [-0.05, 0) is 69.1 Å². The summed E-state index contributed by atoms with van der Waals surface area (Å²) in [6, 6.07) is 25.6. The minimum Gasteiger partial charge on any atom is -0.497 e. The first-order valence-corrected chi connectivity index (χ1v) is 12.4. The molecule has 2 aliphatic heterocycles. The largest absolute Gasteiger partial charge is 0.497 e. The zero-order chi connectivity index (χ0) is 23.5. The predicted molar refractivity (Wildman–Crippen MR) is 136 cm³/mol. The number of ether oxygens (including phenoxy) is 3. The molecule has 0 bridgehead atoms. The van der Waals surface area contributed by atoms with Crippen molar-refractivity contribution < 1.29 is 14.2 Å². The fraction of sp³-hybridized carbons (Fsp3) is 0.400. The van der Waals surface area contributed by atoms with Crippen LogP contribution in [0.3, 0.4) is 0 Å². The van der Waals surface area contributed by atoms with Crippen molar-refractivity contribution in [2.24, 2.45) is 0 Å². The third kappa shape index (κ3) is 4.65. The molecule has 0 aromatic heterocycles. The van der Waals surface area contributed by atoms with Gasteiger partial charge in [-0.25, -0.2) is 0 Å². The summed E-state index contributed by atoms with van der Waals surface area (Å²) in [5.41, 5.74) is 3.35. The molecule has 0 saturated carbocycles. The van der Waals surface area contributed by atoms with Crippen LogP contribution in [0.25, 0.3) is 0 Å². The van der Waals surface area contributed by atoms with Crippen LogP contribution in [0.1, 0.15) is 55.2 Å². The topological polar surface area (TPSA) is 30.9 Å². The molecule has 34 heavy (non-hydrogen) atoms. The number of likely N-dealkylation sites (tertiary alicyclic amines) is 1. The summed E-state index contributed by atoms with van der Waals surface area (Å²) in [6.45, 7) is 8.52. The van der Waals surface area contributed by atoms with Crippen LogP contribution >= 0.6 is 0 Å². The molecule has 178 valence electrons. The van der Waals surface area contributed by atoms with Gasteiger partial charge in [0.2, 0.25) is 0 Å². The zero-order valence-electron chi connectivity index (χ0n) is 20.5. The van der Waals surface area contributed by atoms with Gasteiger partial charge >= 0.3 is 0 Å². The van der Waals surface area contributed by atoms with E-state index in [-0.39, 0.29) is 11.8 Å². The van der Waals surface area contributed by atoms with Gasteiger partial charge in [-0.1, -0.05) is 48.5 Å². The average molecular weight is 458 g/mol.